The predicted octanol–water partition coefficient (Wildman–Crippen LogP) is 5.42. The summed E-state index contributed by atoms with van der Waals surface area (Å²) in [6.45, 7) is 6.09. The number of carbonyl (C=O) groups is 2. The number of amides is 1. The van der Waals surface area contributed by atoms with E-state index in [-0.39, 0.29) is 13.0 Å². The number of benzene rings is 2. The van der Waals surface area contributed by atoms with Crippen molar-refractivity contribution in [2.45, 2.75) is 58.3 Å². The highest BCUT2D eigenvalue weighted by molar-refractivity contribution is 9.09. The highest BCUT2D eigenvalue weighted by Gasteiger charge is 2.26. The summed E-state index contributed by atoms with van der Waals surface area (Å²) in [5, 5.41) is 3.61. The van der Waals surface area contributed by atoms with Gasteiger partial charge in [-0.2, -0.15) is 0 Å². The molecule has 174 valence electrons. The van der Waals surface area contributed by atoms with E-state index in [1.54, 1.807) is 20.8 Å². The number of hydrogen-bond donors (Lipinski definition) is 1. The van der Waals surface area contributed by atoms with Crippen LogP contribution in [0.25, 0.3) is 0 Å². The Morgan fingerprint density at radius 2 is 1.66 bits per heavy atom. The van der Waals surface area contributed by atoms with Crippen molar-refractivity contribution in [2.75, 3.05) is 11.9 Å². The number of esters is 1. The number of nitrogens with one attached hydrogen (secondary N) is 1. The minimum absolute atomic E-state index is 0.132. The Morgan fingerprint density at radius 1 is 0.969 bits per heavy atom. The van der Waals surface area contributed by atoms with Gasteiger partial charge in [0.2, 0.25) is 0 Å². The molecular formula is C25H32BrNO5. The Balaban J connectivity index is 2.01. The minimum atomic E-state index is -0.876. The number of halogens is 1. The molecule has 7 heteroatoms. The first-order valence-electron chi connectivity index (χ1n) is 10.7. The van der Waals surface area contributed by atoms with Crippen molar-refractivity contribution in [1.29, 1.82) is 0 Å². The molecule has 0 aliphatic carbocycles. The van der Waals surface area contributed by atoms with E-state index in [2.05, 4.69) is 21.2 Å². The molecule has 0 fully saturated rings. The van der Waals surface area contributed by atoms with Gasteiger partial charge in [-0.25, -0.2) is 9.59 Å². The molecule has 32 heavy (non-hydrogen) atoms. The van der Waals surface area contributed by atoms with Crippen LogP contribution in [-0.2, 0) is 27.3 Å². The Hall–Kier alpha value is -2.54. The molecule has 2 aromatic rings. The molecule has 0 saturated carbocycles. The van der Waals surface area contributed by atoms with Crippen LogP contribution in [-0.4, -0.2) is 35.6 Å². The summed E-state index contributed by atoms with van der Waals surface area (Å²) >= 11 is 3.40. The molecule has 1 amide bonds. The van der Waals surface area contributed by atoms with Gasteiger partial charge in [0.15, 0.2) is 0 Å². The average molecular weight is 506 g/mol. The highest BCUT2D eigenvalue weighted by atomic mass is 79.9. The van der Waals surface area contributed by atoms with Crippen LogP contribution in [0.3, 0.4) is 0 Å². The van der Waals surface area contributed by atoms with E-state index < -0.39 is 23.7 Å². The quantitative estimate of drug-likeness (QED) is 0.250. The van der Waals surface area contributed by atoms with Crippen molar-refractivity contribution >= 4 is 28.0 Å². The molecule has 1 atom stereocenters. The van der Waals surface area contributed by atoms with E-state index in [0.717, 1.165) is 35.0 Å². The topological polar surface area (TPSA) is 73.9 Å². The van der Waals surface area contributed by atoms with Crippen molar-refractivity contribution in [3.63, 3.8) is 0 Å². The third kappa shape index (κ3) is 10.2. The number of unbranched alkanes of at least 4 members (excludes halogenated alkanes) is 1. The maximum Gasteiger partial charge on any atom is 0.408 e. The zero-order valence-corrected chi connectivity index (χ0v) is 20.5. The summed E-state index contributed by atoms with van der Waals surface area (Å²) in [6, 6.07) is 16.0. The van der Waals surface area contributed by atoms with Crippen molar-refractivity contribution in [3.8, 4) is 5.75 Å². The van der Waals surface area contributed by atoms with Gasteiger partial charge in [-0.3, -0.25) is 0 Å². The SMILES string of the molecule is CC(C)(C)OC(=O)N[C@H](Cc1ccc(OCCCCBr)cc1)C(=O)OCc1ccccc1. The molecule has 0 saturated heterocycles. The maximum absolute atomic E-state index is 12.8. The second kappa shape index (κ2) is 13.1. The lowest BCUT2D eigenvalue weighted by Gasteiger charge is -2.23. The molecule has 0 radical (unpaired) electrons. The van der Waals surface area contributed by atoms with Gasteiger partial charge in [0, 0.05) is 11.8 Å². The molecule has 0 bridgehead atoms. The Morgan fingerprint density at radius 3 is 2.28 bits per heavy atom. The van der Waals surface area contributed by atoms with Crippen LogP contribution in [0.4, 0.5) is 4.79 Å². The average Bonchev–Trinajstić information content (AvgIpc) is 2.75. The van der Waals surface area contributed by atoms with E-state index in [9.17, 15) is 9.59 Å². The van der Waals surface area contributed by atoms with Crippen molar-refractivity contribution in [3.05, 3.63) is 65.7 Å². The zero-order chi connectivity index (χ0) is 23.4. The van der Waals surface area contributed by atoms with Crippen LogP contribution in [0.15, 0.2) is 54.6 Å². The van der Waals surface area contributed by atoms with Gasteiger partial charge < -0.3 is 19.5 Å². The zero-order valence-electron chi connectivity index (χ0n) is 18.9. The molecule has 0 unspecified atom stereocenters. The molecular weight excluding hydrogens is 474 g/mol. The van der Waals surface area contributed by atoms with Gasteiger partial charge in [-0.15, -0.1) is 0 Å². The van der Waals surface area contributed by atoms with Crippen LogP contribution in [0.2, 0.25) is 0 Å². The molecule has 0 aliphatic rings. The molecule has 0 spiro atoms. The van der Waals surface area contributed by atoms with Gasteiger partial charge in [0.05, 0.1) is 6.61 Å². The van der Waals surface area contributed by atoms with Gasteiger partial charge in [0.25, 0.3) is 0 Å². The van der Waals surface area contributed by atoms with Crippen LogP contribution in [0.1, 0.15) is 44.7 Å². The van der Waals surface area contributed by atoms with Crippen molar-refractivity contribution in [2.24, 2.45) is 0 Å². The van der Waals surface area contributed by atoms with Crippen LogP contribution in [0.5, 0.6) is 5.75 Å². The van der Waals surface area contributed by atoms with Crippen molar-refractivity contribution < 1.29 is 23.8 Å². The first kappa shape index (κ1) is 25.7. The third-order valence-corrected chi connectivity index (χ3v) is 4.92. The number of rotatable bonds is 11. The highest BCUT2D eigenvalue weighted by Crippen LogP contribution is 2.15. The molecule has 2 rings (SSSR count). The molecule has 2 aromatic carbocycles. The lowest BCUT2D eigenvalue weighted by Crippen LogP contribution is -2.45. The van der Waals surface area contributed by atoms with E-state index >= 15 is 0 Å². The summed E-state index contributed by atoms with van der Waals surface area (Å²) in [5.74, 6) is 0.251. The summed E-state index contributed by atoms with van der Waals surface area (Å²) < 4.78 is 16.5. The minimum Gasteiger partial charge on any atom is -0.494 e. The number of hydrogen-bond acceptors (Lipinski definition) is 5. The van der Waals surface area contributed by atoms with E-state index in [1.165, 1.54) is 0 Å². The largest absolute Gasteiger partial charge is 0.494 e. The standard InChI is InChI=1S/C25H32BrNO5/c1-25(2,3)32-24(29)27-22(23(28)31-18-20-9-5-4-6-10-20)17-19-11-13-21(14-12-19)30-16-8-7-15-26/h4-6,9-14,22H,7-8,15-18H2,1-3H3,(H,27,29)/t22-/m1/s1. The normalized spacial score (nSPS) is 12.0. The second-order valence-electron chi connectivity index (χ2n) is 8.38. The molecule has 6 nitrogen and oxygen atoms in total. The second-order valence-corrected chi connectivity index (χ2v) is 9.18. The lowest BCUT2D eigenvalue weighted by atomic mass is 10.1. The van der Waals surface area contributed by atoms with E-state index in [0.29, 0.717) is 6.61 Å². The van der Waals surface area contributed by atoms with Gasteiger partial charge in [0.1, 0.15) is 24.0 Å². The summed E-state index contributed by atoms with van der Waals surface area (Å²) in [4.78, 5) is 25.1. The molecule has 0 aliphatic heterocycles. The fraction of sp³-hybridized carbons (Fsp3) is 0.440. The monoisotopic (exact) mass is 505 g/mol. The lowest BCUT2D eigenvalue weighted by molar-refractivity contribution is -0.147. The molecule has 0 aromatic heterocycles. The molecule has 0 heterocycles. The maximum atomic E-state index is 12.8. The van der Waals surface area contributed by atoms with Gasteiger partial charge in [-0.1, -0.05) is 58.4 Å². The number of ether oxygens (including phenoxy) is 3. The fourth-order valence-corrected chi connectivity index (χ4v) is 3.21. The number of alkyl carbamates (subject to hydrolysis) is 1. The summed E-state index contributed by atoms with van der Waals surface area (Å²) in [5.41, 5.74) is 1.07. The fourth-order valence-electron chi connectivity index (χ4n) is 2.82. The van der Waals surface area contributed by atoms with E-state index in [4.69, 9.17) is 14.2 Å². The first-order chi connectivity index (χ1) is 15.3. The first-order valence-corrected chi connectivity index (χ1v) is 11.9. The third-order valence-electron chi connectivity index (χ3n) is 4.36. The Kier molecular flexibility index (Phi) is 10.5. The Bertz CT molecular complexity index is 834. The van der Waals surface area contributed by atoms with Crippen LogP contribution in [0, 0.1) is 0 Å². The number of carbonyl (C=O) groups excluding carboxylic acids is 2. The van der Waals surface area contributed by atoms with Gasteiger partial charge in [-0.05, 0) is 56.9 Å². The number of alkyl halides is 1. The van der Waals surface area contributed by atoms with Crippen LogP contribution >= 0.6 is 15.9 Å². The predicted molar refractivity (Wildman–Crippen MR) is 128 cm³/mol. The van der Waals surface area contributed by atoms with E-state index in [1.807, 2.05) is 54.6 Å². The summed E-state index contributed by atoms with van der Waals surface area (Å²) in [7, 11) is 0. The summed E-state index contributed by atoms with van der Waals surface area (Å²) in [6.07, 6.45) is 1.64. The molecule has 1 N–H and O–H groups in total. The van der Waals surface area contributed by atoms with Gasteiger partial charge >= 0.3 is 12.1 Å². The van der Waals surface area contributed by atoms with Crippen molar-refractivity contribution in [1.82, 2.24) is 5.32 Å². The Labute approximate surface area is 198 Å². The van der Waals surface area contributed by atoms with Crippen LogP contribution < -0.4 is 10.1 Å². The smallest absolute Gasteiger partial charge is 0.408 e.